The molecule has 284 valence electrons. The fraction of sp³-hybridized carbons (Fsp3) is 0.606. The number of halogens is 1. The molecule has 0 aromatic heterocycles. The van der Waals surface area contributed by atoms with E-state index < -0.39 is 76.8 Å². The number of ether oxygens (including phenoxy) is 2. The van der Waals surface area contributed by atoms with E-state index in [1.165, 1.54) is 24.1 Å². The summed E-state index contributed by atoms with van der Waals surface area (Å²) in [6.07, 6.45) is 3.51. The summed E-state index contributed by atoms with van der Waals surface area (Å²) >= 11 is 2.01. The van der Waals surface area contributed by atoms with E-state index in [1.54, 1.807) is 39.8 Å². The summed E-state index contributed by atoms with van der Waals surface area (Å²) in [6, 6.07) is 2.17. The maximum absolute atomic E-state index is 14.6. The average Bonchev–Trinajstić information content (AvgIpc) is 3.62. The van der Waals surface area contributed by atoms with E-state index in [4.69, 9.17) is 19.2 Å². The minimum absolute atomic E-state index is 0.0373. The molecule has 2 N–H and O–H groups in total. The zero-order valence-corrected chi connectivity index (χ0v) is 32.6. The summed E-state index contributed by atoms with van der Waals surface area (Å²) in [4.78, 5) is 63.8. The topological polar surface area (TPSA) is 196 Å². The van der Waals surface area contributed by atoms with E-state index >= 15 is 0 Å². The summed E-state index contributed by atoms with van der Waals surface area (Å²) < 4.78 is 39.3. The smallest absolute Gasteiger partial charge is 0.408 e. The number of alkyl halides is 1. The van der Waals surface area contributed by atoms with Crippen LogP contribution in [0.15, 0.2) is 54.5 Å². The van der Waals surface area contributed by atoms with E-state index in [1.807, 2.05) is 22.6 Å². The van der Waals surface area contributed by atoms with E-state index in [0.29, 0.717) is 19.4 Å². The highest BCUT2D eigenvalue weighted by atomic mass is 127. The van der Waals surface area contributed by atoms with Gasteiger partial charge in [0.1, 0.15) is 27.9 Å². The Morgan fingerprint density at radius 2 is 1.90 bits per heavy atom. The van der Waals surface area contributed by atoms with Gasteiger partial charge >= 0.3 is 6.09 Å². The van der Waals surface area contributed by atoms with Crippen LogP contribution in [0.2, 0.25) is 0 Å². The average molecular weight is 850 g/mol. The minimum Gasteiger partial charge on any atom is -0.444 e. The van der Waals surface area contributed by atoms with Gasteiger partial charge in [0.05, 0.1) is 23.6 Å². The van der Waals surface area contributed by atoms with Gasteiger partial charge < -0.3 is 25.0 Å². The van der Waals surface area contributed by atoms with Crippen LogP contribution < -0.4 is 10.6 Å². The molecule has 1 saturated carbocycles. The molecule has 3 rings (SSSR count). The van der Waals surface area contributed by atoms with Gasteiger partial charge in [0.2, 0.25) is 21.8 Å². The SMILES string of the molecule is C=CCCCN(C[C@H](NC(=O)OC(C)(C)C)C(=O)N1C[C@@](I)(OC)C[C@H]1C(=O)N[C@]1(COOCC)C[C@H]1C=C)S(=O)(=O)c1ccccc1[N+](=O)[O-]. The van der Waals surface area contributed by atoms with Gasteiger partial charge in [-0.3, -0.25) is 19.7 Å². The second-order valence-corrected chi connectivity index (χ2v) is 17.2. The highest BCUT2D eigenvalue weighted by molar-refractivity contribution is 14.1. The van der Waals surface area contributed by atoms with Crippen molar-refractivity contribution in [3.05, 3.63) is 59.7 Å². The standard InChI is InChI=1S/C33H48IN5O11S/c1-8-11-14-17-37(51(45,46)27-16-13-12-15-25(27)39(43)44)20-24(35-30(42)50-31(4,5)6)29(41)38-21-33(34,47-7)19-26(38)28(40)36-32(18-23(32)9-2)22-49-48-10-3/h8-9,12-13,15-16,23-24,26H,1-2,10-11,14,17-22H2,3-7H3,(H,35,42)(H,36,40)/t23-,24+,26+,32+,33+/m1/s1. The Morgan fingerprint density at radius 1 is 1.22 bits per heavy atom. The Balaban J connectivity index is 2.05. The van der Waals surface area contributed by atoms with Crippen LogP contribution in [0.5, 0.6) is 0 Å². The lowest BCUT2D eigenvalue weighted by Crippen LogP contribution is -2.59. The van der Waals surface area contributed by atoms with Crippen LogP contribution in [0.4, 0.5) is 10.5 Å². The molecule has 0 spiro atoms. The molecular weight excluding hydrogens is 801 g/mol. The summed E-state index contributed by atoms with van der Waals surface area (Å²) in [5.74, 6) is -1.43. The van der Waals surface area contributed by atoms with Gasteiger partial charge in [-0.15, -0.1) is 13.2 Å². The number of hydrogen-bond donors (Lipinski definition) is 2. The summed E-state index contributed by atoms with van der Waals surface area (Å²) in [5, 5.41) is 17.4. The van der Waals surface area contributed by atoms with Crippen molar-refractivity contribution in [2.24, 2.45) is 5.92 Å². The fourth-order valence-electron chi connectivity index (χ4n) is 5.71. The number of alkyl carbamates (subject to hydrolysis) is 1. The van der Waals surface area contributed by atoms with Crippen molar-refractivity contribution in [3.8, 4) is 0 Å². The van der Waals surface area contributed by atoms with Gasteiger partial charge in [-0.1, -0.05) is 24.3 Å². The number of unbranched alkanes of at least 4 members (excludes halogenated alkanes) is 1. The lowest BCUT2D eigenvalue weighted by molar-refractivity contribution is -0.387. The molecule has 2 aliphatic rings. The zero-order chi connectivity index (χ0) is 38.2. The molecule has 2 fully saturated rings. The van der Waals surface area contributed by atoms with Crippen LogP contribution in [-0.4, -0.2) is 107 Å². The number of carbonyl (C=O) groups is 3. The van der Waals surface area contributed by atoms with Crippen LogP contribution in [0.25, 0.3) is 0 Å². The molecule has 1 aromatic carbocycles. The monoisotopic (exact) mass is 849 g/mol. The molecule has 1 aliphatic heterocycles. The second kappa shape index (κ2) is 17.6. The van der Waals surface area contributed by atoms with Crippen molar-refractivity contribution in [2.75, 3.05) is 40.0 Å². The van der Waals surface area contributed by atoms with Gasteiger partial charge in [-0.25, -0.2) is 23.0 Å². The van der Waals surface area contributed by atoms with Gasteiger partial charge in [0.25, 0.3) is 5.69 Å². The molecule has 0 bridgehead atoms. The molecule has 16 nitrogen and oxygen atoms in total. The van der Waals surface area contributed by atoms with E-state index in [9.17, 15) is 32.9 Å². The Labute approximate surface area is 312 Å². The molecular formula is C33H48IN5O11S. The van der Waals surface area contributed by atoms with Crippen molar-refractivity contribution < 1.29 is 47.0 Å². The number of amides is 3. The van der Waals surface area contributed by atoms with Crippen molar-refractivity contribution >= 4 is 56.2 Å². The van der Waals surface area contributed by atoms with E-state index in [-0.39, 0.29) is 38.5 Å². The largest absolute Gasteiger partial charge is 0.444 e. The minimum atomic E-state index is -4.62. The molecule has 1 aliphatic carbocycles. The quantitative estimate of drug-likeness (QED) is 0.0391. The first-order valence-electron chi connectivity index (χ1n) is 16.4. The molecule has 0 unspecified atom stereocenters. The van der Waals surface area contributed by atoms with Gasteiger partial charge in [0, 0.05) is 38.6 Å². The lowest BCUT2D eigenvalue weighted by atomic mass is 10.1. The molecule has 5 atom stereocenters. The highest BCUT2D eigenvalue weighted by Gasteiger charge is 2.57. The van der Waals surface area contributed by atoms with Crippen LogP contribution >= 0.6 is 22.6 Å². The number of nitro benzene ring substituents is 1. The van der Waals surface area contributed by atoms with Crippen LogP contribution in [0, 0.1) is 16.0 Å². The molecule has 1 heterocycles. The lowest BCUT2D eigenvalue weighted by Gasteiger charge is -2.33. The number of nitrogens with zero attached hydrogens (tertiary/aromatic N) is 3. The molecule has 3 amide bonds. The maximum atomic E-state index is 14.6. The predicted molar refractivity (Wildman–Crippen MR) is 195 cm³/mol. The number of carbonyl (C=O) groups excluding carboxylic acids is 3. The number of benzene rings is 1. The van der Waals surface area contributed by atoms with Crippen molar-refractivity contribution in [2.45, 2.75) is 85.1 Å². The van der Waals surface area contributed by atoms with E-state index in [0.717, 1.165) is 16.4 Å². The summed E-state index contributed by atoms with van der Waals surface area (Å²) in [6.45, 7) is 13.5. The first-order valence-corrected chi connectivity index (χ1v) is 19.0. The number of rotatable bonds is 19. The predicted octanol–water partition coefficient (Wildman–Crippen LogP) is 3.85. The third-order valence-electron chi connectivity index (χ3n) is 8.41. The molecule has 51 heavy (non-hydrogen) atoms. The van der Waals surface area contributed by atoms with Crippen molar-refractivity contribution in [1.29, 1.82) is 0 Å². The van der Waals surface area contributed by atoms with Gasteiger partial charge in [-0.2, -0.15) is 4.31 Å². The van der Waals surface area contributed by atoms with Gasteiger partial charge in [0.15, 0.2) is 4.90 Å². The summed E-state index contributed by atoms with van der Waals surface area (Å²) in [7, 11) is -3.18. The molecule has 18 heteroatoms. The number of allylic oxidation sites excluding steroid dienone is 1. The third kappa shape index (κ3) is 10.9. The Morgan fingerprint density at radius 3 is 2.47 bits per heavy atom. The number of hydrogen-bond acceptors (Lipinski definition) is 11. The number of likely N-dealkylation sites (tertiary alicyclic amines) is 1. The maximum Gasteiger partial charge on any atom is 0.408 e. The number of nitrogens with one attached hydrogen (secondary N) is 2. The Hall–Kier alpha value is -3.17. The first-order chi connectivity index (χ1) is 23.9. The van der Waals surface area contributed by atoms with Crippen molar-refractivity contribution in [1.82, 2.24) is 19.8 Å². The van der Waals surface area contributed by atoms with E-state index in [2.05, 4.69) is 23.8 Å². The first kappa shape index (κ1) is 42.2. The van der Waals surface area contributed by atoms with Gasteiger partial charge in [-0.05, 0) is 75.6 Å². The van der Waals surface area contributed by atoms with Crippen LogP contribution in [-0.2, 0) is 38.9 Å². The second-order valence-electron chi connectivity index (χ2n) is 13.4. The highest BCUT2D eigenvalue weighted by Crippen LogP contribution is 2.45. The molecule has 1 saturated heterocycles. The number of para-hydroxylation sites is 1. The van der Waals surface area contributed by atoms with Crippen LogP contribution in [0.1, 0.15) is 53.4 Å². The third-order valence-corrected chi connectivity index (χ3v) is 11.5. The number of sulfonamides is 1. The zero-order valence-electron chi connectivity index (χ0n) is 29.6. The fourth-order valence-corrected chi connectivity index (χ4v) is 8.15. The Kier molecular flexibility index (Phi) is 14.6. The van der Waals surface area contributed by atoms with Crippen LogP contribution in [0.3, 0.4) is 0 Å². The van der Waals surface area contributed by atoms with Crippen molar-refractivity contribution in [3.63, 3.8) is 0 Å². The molecule has 0 radical (unpaired) electrons. The molecule has 1 aromatic rings. The number of nitro groups is 1. The number of methoxy groups -OCH3 is 1. The normalized spacial score (nSPS) is 23.7. The summed E-state index contributed by atoms with van der Waals surface area (Å²) in [5.41, 5.74) is -2.45. The Bertz CT molecular complexity index is 1570.